The Kier molecular flexibility index (Phi) is 4.08. The molecule has 0 spiro atoms. The minimum Gasteiger partial charge on any atom is -0.476 e. The molecule has 0 saturated heterocycles. The molecule has 3 rings (SSSR count). The van der Waals surface area contributed by atoms with Gasteiger partial charge in [-0.3, -0.25) is 9.48 Å². The average molecular weight is 287 g/mol. The van der Waals surface area contributed by atoms with Crippen molar-refractivity contribution in [3.8, 4) is 5.88 Å². The van der Waals surface area contributed by atoms with Gasteiger partial charge in [-0.15, -0.1) is 5.10 Å². The van der Waals surface area contributed by atoms with E-state index in [1.54, 1.807) is 4.68 Å². The second-order valence-corrected chi connectivity index (χ2v) is 5.59. The van der Waals surface area contributed by atoms with E-state index in [0.717, 1.165) is 23.7 Å². The summed E-state index contributed by atoms with van der Waals surface area (Å²) in [4.78, 5) is 11.8. The molecule has 112 valence electrons. The molecular weight excluding hydrogens is 266 g/mol. The molecule has 1 aromatic carbocycles. The predicted molar refractivity (Wildman–Crippen MR) is 81.2 cm³/mol. The molecule has 1 aliphatic rings. The molecule has 1 aromatic heterocycles. The number of aromatic nitrogens is 2. The Labute approximate surface area is 124 Å². The number of nitrogens with one attached hydrogen (secondary N) is 1. The van der Waals surface area contributed by atoms with Crippen LogP contribution in [-0.2, 0) is 11.8 Å². The van der Waals surface area contributed by atoms with Crippen LogP contribution in [0.1, 0.15) is 32.1 Å². The van der Waals surface area contributed by atoms with Crippen molar-refractivity contribution >= 4 is 16.8 Å². The summed E-state index contributed by atoms with van der Waals surface area (Å²) in [6.45, 7) is 0.361. The summed E-state index contributed by atoms with van der Waals surface area (Å²) < 4.78 is 7.48. The number of hydrogen-bond acceptors (Lipinski definition) is 3. The highest BCUT2D eigenvalue weighted by Gasteiger charge is 2.17. The molecule has 0 bridgehead atoms. The zero-order chi connectivity index (χ0) is 14.7. The minimum absolute atomic E-state index is 0.0714. The predicted octanol–water partition coefficient (Wildman–Crippen LogP) is 2.40. The largest absolute Gasteiger partial charge is 0.476 e. The number of rotatable bonds is 5. The van der Waals surface area contributed by atoms with Crippen LogP contribution in [0.15, 0.2) is 24.3 Å². The molecule has 1 aliphatic carbocycles. The number of hydrogen-bond donors (Lipinski definition) is 1. The van der Waals surface area contributed by atoms with Gasteiger partial charge in [-0.1, -0.05) is 25.0 Å². The molecule has 0 unspecified atom stereocenters. The summed E-state index contributed by atoms with van der Waals surface area (Å²) in [7, 11) is 1.89. The van der Waals surface area contributed by atoms with E-state index in [2.05, 4.69) is 10.4 Å². The number of aryl methyl sites for hydroxylation is 1. The van der Waals surface area contributed by atoms with Crippen molar-refractivity contribution in [2.45, 2.75) is 38.1 Å². The monoisotopic (exact) mass is 287 g/mol. The molecular formula is C16H21N3O2. The highest BCUT2D eigenvalue weighted by molar-refractivity contribution is 5.84. The highest BCUT2D eigenvalue weighted by atomic mass is 16.5. The van der Waals surface area contributed by atoms with Crippen molar-refractivity contribution in [3.05, 3.63) is 24.3 Å². The fourth-order valence-electron chi connectivity index (χ4n) is 2.90. The summed E-state index contributed by atoms with van der Waals surface area (Å²) in [6.07, 6.45) is 5.04. The molecule has 5 nitrogen and oxygen atoms in total. The van der Waals surface area contributed by atoms with Gasteiger partial charge in [0.15, 0.2) is 0 Å². The lowest BCUT2D eigenvalue weighted by Gasteiger charge is -2.11. The quantitative estimate of drug-likeness (QED) is 0.918. The third-order valence-electron chi connectivity index (χ3n) is 4.01. The van der Waals surface area contributed by atoms with Gasteiger partial charge in [0.05, 0.1) is 23.9 Å². The number of carbonyl (C=O) groups excluding carboxylic acids is 1. The lowest BCUT2D eigenvalue weighted by atomic mass is 10.2. The zero-order valence-corrected chi connectivity index (χ0v) is 12.3. The van der Waals surface area contributed by atoms with Gasteiger partial charge >= 0.3 is 0 Å². The summed E-state index contributed by atoms with van der Waals surface area (Å²) in [5.74, 6) is 0.670. The number of carbonyl (C=O) groups is 1. The number of benzene rings is 1. The van der Waals surface area contributed by atoms with Crippen LogP contribution < -0.4 is 10.1 Å². The molecule has 2 aromatic rings. The van der Waals surface area contributed by atoms with Crippen LogP contribution in [0.25, 0.3) is 10.9 Å². The molecule has 0 atom stereocenters. The molecule has 21 heavy (non-hydrogen) atoms. The number of nitrogens with zero attached hydrogens (tertiary/aromatic N) is 2. The van der Waals surface area contributed by atoms with E-state index >= 15 is 0 Å². The molecule has 1 amide bonds. The van der Waals surface area contributed by atoms with Crippen molar-refractivity contribution in [3.63, 3.8) is 0 Å². The van der Waals surface area contributed by atoms with E-state index in [4.69, 9.17) is 4.74 Å². The highest BCUT2D eigenvalue weighted by Crippen LogP contribution is 2.23. The third-order valence-corrected chi connectivity index (χ3v) is 4.01. The second-order valence-electron chi connectivity index (χ2n) is 5.59. The molecule has 1 saturated carbocycles. The van der Waals surface area contributed by atoms with Crippen LogP contribution in [0.5, 0.6) is 5.88 Å². The maximum Gasteiger partial charge on any atom is 0.240 e. The van der Waals surface area contributed by atoms with E-state index in [1.165, 1.54) is 12.8 Å². The maximum absolute atomic E-state index is 11.8. The summed E-state index contributed by atoms with van der Waals surface area (Å²) >= 11 is 0. The first kappa shape index (κ1) is 13.9. The first-order valence-electron chi connectivity index (χ1n) is 7.58. The lowest BCUT2D eigenvalue weighted by Crippen LogP contribution is -2.33. The summed E-state index contributed by atoms with van der Waals surface area (Å²) in [6, 6.07) is 8.29. The maximum atomic E-state index is 11.8. The van der Waals surface area contributed by atoms with Gasteiger partial charge in [0.25, 0.3) is 0 Å². The van der Waals surface area contributed by atoms with E-state index in [9.17, 15) is 4.79 Å². The molecule has 0 aliphatic heterocycles. The standard InChI is InChI=1S/C16H21N3O2/c1-19-14-9-5-4-8-13(14)16(18-19)21-11-10-15(20)17-12-6-2-3-7-12/h4-5,8-9,12H,2-3,6-7,10-11H2,1H3,(H,17,20). The molecule has 0 radical (unpaired) electrons. The van der Waals surface area contributed by atoms with Gasteiger partial charge in [-0.2, -0.15) is 0 Å². The Morgan fingerprint density at radius 1 is 1.38 bits per heavy atom. The van der Waals surface area contributed by atoms with E-state index in [1.807, 2.05) is 31.3 Å². The van der Waals surface area contributed by atoms with Gasteiger partial charge in [-0.25, -0.2) is 0 Å². The SMILES string of the molecule is Cn1nc(OCCC(=O)NC2CCCC2)c2ccccc21. The molecule has 1 fully saturated rings. The van der Waals surface area contributed by atoms with Gasteiger partial charge in [0.1, 0.15) is 0 Å². The summed E-state index contributed by atoms with van der Waals surface area (Å²) in [5.41, 5.74) is 1.03. The van der Waals surface area contributed by atoms with Crippen molar-refractivity contribution in [1.82, 2.24) is 15.1 Å². The van der Waals surface area contributed by atoms with Gasteiger partial charge < -0.3 is 10.1 Å². The average Bonchev–Trinajstić information content (AvgIpc) is 3.09. The smallest absolute Gasteiger partial charge is 0.240 e. The van der Waals surface area contributed by atoms with E-state index in [-0.39, 0.29) is 5.91 Å². The number of para-hydroxylation sites is 1. The Bertz CT molecular complexity index is 629. The van der Waals surface area contributed by atoms with Crippen molar-refractivity contribution in [2.24, 2.45) is 7.05 Å². The Morgan fingerprint density at radius 3 is 2.95 bits per heavy atom. The lowest BCUT2D eigenvalue weighted by molar-refractivity contribution is -0.122. The molecule has 1 N–H and O–H groups in total. The fraction of sp³-hybridized carbons (Fsp3) is 0.500. The Morgan fingerprint density at radius 2 is 2.14 bits per heavy atom. The van der Waals surface area contributed by atoms with Crippen molar-refractivity contribution < 1.29 is 9.53 Å². The van der Waals surface area contributed by atoms with Gasteiger partial charge in [0, 0.05) is 13.1 Å². The topological polar surface area (TPSA) is 56.2 Å². The van der Waals surface area contributed by atoms with Crippen LogP contribution in [-0.4, -0.2) is 28.3 Å². The summed E-state index contributed by atoms with van der Waals surface area (Å²) in [5, 5.41) is 8.40. The third kappa shape index (κ3) is 3.17. The Balaban J connectivity index is 1.53. The van der Waals surface area contributed by atoms with Crippen LogP contribution in [0.3, 0.4) is 0 Å². The minimum atomic E-state index is 0.0714. The number of fused-ring (bicyclic) bond motifs is 1. The fourth-order valence-corrected chi connectivity index (χ4v) is 2.90. The first-order chi connectivity index (χ1) is 10.2. The van der Waals surface area contributed by atoms with E-state index in [0.29, 0.717) is 24.9 Å². The number of amides is 1. The number of ether oxygens (including phenoxy) is 1. The van der Waals surface area contributed by atoms with Gasteiger partial charge in [0.2, 0.25) is 11.8 Å². The normalized spacial score (nSPS) is 15.5. The van der Waals surface area contributed by atoms with Crippen LogP contribution in [0.4, 0.5) is 0 Å². The Hall–Kier alpha value is -2.04. The van der Waals surface area contributed by atoms with Crippen LogP contribution in [0, 0.1) is 0 Å². The van der Waals surface area contributed by atoms with Crippen molar-refractivity contribution in [2.75, 3.05) is 6.61 Å². The molecule has 5 heteroatoms. The molecule has 1 heterocycles. The van der Waals surface area contributed by atoms with E-state index < -0.39 is 0 Å². The first-order valence-corrected chi connectivity index (χ1v) is 7.58. The van der Waals surface area contributed by atoms with Gasteiger partial charge in [-0.05, 0) is 25.0 Å². The zero-order valence-electron chi connectivity index (χ0n) is 12.3. The van der Waals surface area contributed by atoms with Crippen LogP contribution >= 0.6 is 0 Å². The second kappa shape index (κ2) is 6.16. The van der Waals surface area contributed by atoms with Crippen LogP contribution in [0.2, 0.25) is 0 Å². The van der Waals surface area contributed by atoms with Crippen molar-refractivity contribution in [1.29, 1.82) is 0 Å².